The summed E-state index contributed by atoms with van der Waals surface area (Å²) in [7, 11) is 0. The monoisotopic (exact) mass is 173 g/mol. The fourth-order valence-electron chi connectivity index (χ4n) is 1.58. The Morgan fingerprint density at radius 2 is 1.91 bits per heavy atom. The van der Waals surface area contributed by atoms with Crippen LogP contribution in [0.2, 0.25) is 0 Å². The van der Waals surface area contributed by atoms with Gasteiger partial charge in [-0.15, -0.1) is 0 Å². The lowest BCUT2D eigenvalue weighted by Crippen LogP contribution is -2.28. The van der Waals surface area contributed by atoms with Gasteiger partial charge in [0, 0.05) is 11.8 Å². The molecule has 0 amide bonds. The van der Waals surface area contributed by atoms with Gasteiger partial charge in [0.05, 0.1) is 0 Å². The van der Waals surface area contributed by atoms with Crippen molar-refractivity contribution in [2.24, 2.45) is 5.92 Å². The largest absolute Gasteiger partial charge is 0.261 e. The van der Waals surface area contributed by atoms with E-state index in [1.165, 1.54) is 31.4 Å². The van der Waals surface area contributed by atoms with Crippen molar-refractivity contribution >= 4 is 11.9 Å². The van der Waals surface area contributed by atoms with Crippen LogP contribution in [0.3, 0.4) is 0 Å². The highest BCUT2D eigenvalue weighted by Crippen LogP contribution is 2.24. The molecule has 0 radical (unpaired) electrons. The van der Waals surface area contributed by atoms with Gasteiger partial charge < -0.3 is 0 Å². The molecule has 11 heavy (non-hydrogen) atoms. The summed E-state index contributed by atoms with van der Waals surface area (Å²) in [5, 5.41) is 0. The summed E-state index contributed by atoms with van der Waals surface area (Å²) in [6.07, 6.45) is 5.60. The summed E-state index contributed by atoms with van der Waals surface area (Å²) in [5.74, 6) is 2.16. The van der Waals surface area contributed by atoms with E-state index in [2.05, 4.69) is 18.6 Å². The van der Waals surface area contributed by atoms with Gasteiger partial charge in [-0.2, -0.15) is 0 Å². The molecule has 0 aromatic rings. The molecule has 1 nitrogen and oxygen atoms in total. The van der Waals surface area contributed by atoms with Gasteiger partial charge in [0.25, 0.3) is 0 Å². The molecule has 0 unspecified atom stereocenters. The maximum atomic E-state index is 3.51. The van der Waals surface area contributed by atoms with Crippen molar-refractivity contribution in [1.29, 1.82) is 0 Å². The van der Waals surface area contributed by atoms with Crippen LogP contribution in [-0.2, 0) is 0 Å². The molecule has 1 rings (SSSR count). The van der Waals surface area contributed by atoms with Crippen molar-refractivity contribution in [3.05, 3.63) is 0 Å². The van der Waals surface area contributed by atoms with Crippen molar-refractivity contribution < 1.29 is 0 Å². The van der Waals surface area contributed by atoms with Crippen LogP contribution < -0.4 is 4.72 Å². The highest BCUT2D eigenvalue weighted by atomic mass is 32.2. The maximum absolute atomic E-state index is 3.51. The quantitative estimate of drug-likeness (QED) is 0.659. The third-order valence-corrected chi connectivity index (χ3v) is 3.20. The first-order chi connectivity index (χ1) is 5.33. The Hall–Kier alpha value is 0.310. The lowest BCUT2D eigenvalue weighted by atomic mass is 9.88. The number of hydrogen-bond acceptors (Lipinski definition) is 2. The van der Waals surface area contributed by atoms with Gasteiger partial charge >= 0.3 is 0 Å². The van der Waals surface area contributed by atoms with Crippen LogP contribution >= 0.6 is 11.9 Å². The summed E-state index contributed by atoms with van der Waals surface area (Å²) in [5.41, 5.74) is 0. The van der Waals surface area contributed by atoms with E-state index in [9.17, 15) is 0 Å². The molecule has 0 aromatic carbocycles. The van der Waals surface area contributed by atoms with E-state index in [0.29, 0.717) is 0 Å². The SMILES string of the molecule is CCSNC1CCC(C)CC1. The molecule has 0 saturated heterocycles. The van der Waals surface area contributed by atoms with Crippen molar-refractivity contribution in [2.45, 2.75) is 45.6 Å². The molecule has 0 atom stereocenters. The van der Waals surface area contributed by atoms with Crippen LogP contribution in [0, 0.1) is 5.92 Å². The molecule has 66 valence electrons. The van der Waals surface area contributed by atoms with Crippen molar-refractivity contribution in [3.63, 3.8) is 0 Å². The first kappa shape index (κ1) is 9.40. The number of nitrogens with one attached hydrogen (secondary N) is 1. The fraction of sp³-hybridized carbons (Fsp3) is 1.00. The topological polar surface area (TPSA) is 12.0 Å². The zero-order valence-corrected chi connectivity index (χ0v) is 8.41. The van der Waals surface area contributed by atoms with Gasteiger partial charge in [0.1, 0.15) is 0 Å². The average molecular weight is 173 g/mol. The molecule has 0 spiro atoms. The maximum Gasteiger partial charge on any atom is 0.0172 e. The lowest BCUT2D eigenvalue weighted by Gasteiger charge is -2.26. The van der Waals surface area contributed by atoms with E-state index < -0.39 is 0 Å². The second-order valence-corrected chi connectivity index (χ2v) is 4.61. The number of rotatable bonds is 3. The molecule has 1 N–H and O–H groups in total. The summed E-state index contributed by atoms with van der Waals surface area (Å²) < 4.78 is 3.51. The Morgan fingerprint density at radius 1 is 1.27 bits per heavy atom. The van der Waals surface area contributed by atoms with Crippen molar-refractivity contribution in [2.75, 3.05) is 5.75 Å². The van der Waals surface area contributed by atoms with Crippen molar-refractivity contribution in [3.8, 4) is 0 Å². The Bertz CT molecular complexity index is 95.0. The minimum absolute atomic E-state index is 0.802. The molecule has 2 heteroatoms. The molecule has 1 fully saturated rings. The minimum Gasteiger partial charge on any atom is -0.261 e. The Kier molecular flexibility index (Phi) is 4.31. The Balaban J connectivity index is 2.07. The molecular formula is C9H19NS. The van der Waals surface area contributed by atoms with E-state index in [0.717, 1.165) is 12.0 Å². The van der Waals surface area contributed by atoms with Crippen molar-refractivity contribution in [1.82, 2.24) is 4.72 Å². The third kappa shape index (κ3) is 3.48. The fourth-order valence-corrected chi connectivity index (χ4v) is 2.22. The summed E-state index contributed by atoms with van der Waals surface area (Å²) in [6.45, 7) is 4.56. The predicted octanol–water partition coefficient (Wildman–Crippen LogP) is 2.82. The van der Waals surface area contributed by atoms with Gasteiger partial charge in [-0.3, -0.25) is 4.72 Å². The smallest absolute Gasteiger partial charge is 0.0172 e. The highest BCUT2D eigenvalue weighted by Gasteiger charge is 2.16. The van der Waals surface area contributed by atoms with Crippen LogP contribution in [0.1, 0.15) is 39.5 Å². The molecule has 0 heterocycles. The zero-order chi connectivity index (χ0) is 8.10. The van der Waals surface area contributed by atoms with Gasteiger partial charge in [-0.05, 0) is 31.6 Å². The highest BCUT2D eigenvalue weighted by molar-refractivity contribution is 7.97. The van der Waals surface area contributed by atoms with Gasteiger partial charge in [-0.25, -0.2) is 0 Å². The average Bonchev–Trinajstić information content (AvgIpc) is 2.04. The summed E-state index contributed by atoms with van der Waals surface area (Å²) in [4.78, 5) is 0. The second-order valence-electron chi connectivity index (χ2n) is 3.51. The second kappa shape index (κ2) is 5.04. The van der Waals surface area contributed by atoms with Crippen LogP contribution in [0.4, 0.5) is 0 Å². The molecule has 1 saturated carbocycles. The summed E-state index contributed by atoms with van der Waals surface area (Å²) in [6, 6.07) is 0.802. The van der Waals surface area contributed by atoms with E-state index >= 15 is 0 Å². The first-order valence-electron chi connectivity index (χ1n) is 4.70. The Morgan fingerprint density at radius 3 is 2.45 bits per heavy atom. The minimum atomic E-state index is 0.802. The zero-order valence-electron chi connectivity index (χ0n) is 7.60. The normalized spacial score (nSPS) is 32.2. The van der Waals surface area contributed by atoms with E-state index in [1.54, 1.807) is 0 Å². The summed E-state index contributed by atoms with van der Waals surface area (Å²) >= 11 is 1.87. The standard InChI is InChI=1S/C9H19NS/c1-3-11-10-9-6-4-8(2)5-7-9/h8-10H,3-7H2,1-2H3. The lowest BCUT2D eigenvalue weighted by molar-refractivity contribution is 0.337. The molecule has 0 bridgehead atoms. The van der Waals surface area contributed by atoms with Gasteiger partial charge in [0.2, 0.25) is 0 Å². The predicted molar refractivity (Wildman–Crippen MR) is 52.7 cm³/mol. The molecule has 1 aliphatic rings. The van der Waals surface area contributed by atoms with Crippen LogP contribution in [0.5, 0.6) is 0 Å². The third-order valence-electron chi connectivity index (χ3n) is 2.41. The van der Waals surface area contributed by atoms with Crippen LogP contribution in [-0.4, -0.2) is 11.8 Å². The first-order valence-corrected chi connectivity index (χ1v) is 5.68. The number of hydrogen-bond donors (Lipinski definition) is 1. The van der Waals surface area contributed by atoms with E-state index in [4.69, 9.17) is 0 Å². The molecule has 1 aliphatic carbocycles. The van der Waals surface area contributed by atoms with Crippen LogP contribution in [0.25, 0.3) is 0 Å². The molecular weight excluding hydrogens is 154 g/mol. The molecule has 0 aliphatic heterocycles. The Labute approximate surface area is 74.5 Å². The molecule has 0 aromatic heterocycles. The van der Waals surface area contributed by atoms with Gasteiger partial charge in [0.15, 0.2) is 0 Å². The van der Waals surface area contributed by atoms with E-state index in [-0.39, 0.29) is 0 Å². The van der Waals surface area contributed by atoms with E-state index in [1.807, 2.05) is 11.9 Å². The van der Waals surface area contributed by atoms with Crippen LogP contribution in [0.15, 0.2) is 0 Å². The van der Waals surface area contributed by atoms with Gasteiger partial charge in [-0.1, -0.05) is 25.8 Å².